The molecule has 0 aliphatic heterocycles. The van der Waals surface area contributed by atoms with Gasteiger partial charge in [0.25, 0.3) is 0 Å². The van der Waals surface area contributed by atoms with Crippen molar-refractivity contribution in [1.82, 2.24) is 0 Å². The highest BCUT2D eigenvalue weighted by Gasteiger charge is 2.31. The molecular weight excluding hydrogens is 335 g/mol. The van der Waals surface area contributed by atoms with Gasteiger partial charge in [-0.25, -0.2) is 0 Å². The maximum Gasteiger partial charge on any atom is 0.188 e. The van der Waals surface area contributed by atoms with E-state index in [0.717, 1.165) is 23.3 Å². The minimum absolute atomic E-state index is 0.0497. The molecule has 0 heterocycles. The van der Waals surface area contributed by atoms with Gasteiger partial charge in [-0.2, -0.15) is 0 Å². The number of aliphatic hydroxyl groups excluding tert-OH is 1. The van der Waals surface area contributed by atoms with Crippen molar-refractivity contribution < 1.29 is 19.3 Å². The molecule has 2 aromatic rings. The van der Waals surface area contributed by atoms with Gasteiger partial charge < -0.3 is 19.3 Å². The van der Waals surface area contributed by atoms with Crippen LogP contribution in [0.15, 0.2) is 42.5 Å². The summed E-state index contributed by atoms with van der Waals surface area (Å²) in [5.41, 5.74) is 2.07. The molecule has 2 atom stereocenters. The fraction of sp³-hybridized carbons (Fsp3) is 0.400. The van der Waals surface area contributed by atoms with E-state index in [1.54, 1.807) is 14.2 Å². The summed E-state index contributed by atoms with van der Waals surface area (Å²) in [7, 11) is 3.74. The van der Waals surface area contributed by atoms with E-state index < -0.39 is 0 Å². The van der Waals surface area contributed by atoms with Crippen molar-refractivity contribution in [3.8, 4) is 11.5 Å². The van der Waals surface area contributed by atoms with Crippen molar-refractivity contribution in [2.75, 3.05) is 21.0 Å². The second-order valence-corrected chi connectivity index (χ2v) is 7.91. The summed E-state index contributed by atoms with van der Waals surface area (Å²) >= 11 is 0. The van der Waals surface area contributed by atoms with E-state index in [4.69, 9.17) is 14.2 Å². The van der Waals surface area contributed by atoms with Gasteiger partial charge in [-0.3, -0.25) is 0 Å². The third kappa shape index (κ3) is 4.52. The van der Waals surface area contributed by atoms with E-state index in [9.17, 15) is 5.11 Å². The van der Waals surface area contributed by atoms with Crippen LogP contribution in [0.1, 0.15) is 31.4 Å². The Kier molecular flexibility index (Phi) is 7.24. The number of hydrogen-bond donors (Lipinski definition) is 1. The van der Waals surface area contributed by atoms with Crippen LogP contribution in [-0.4, -0.2) is 26.1 Å². The topological polar surface area (TPSA) is 47.9 Å². The first-order valence-electron chi connectivity index (χ1n) is 8.35. The molecule has 4 nitrogen and oxygen atoms in total. The van der Waals surface area contributed by atoms with E-state index in [0.29, 0.717) is 14.3 Å². The largest absolute Gasteiger partial charge is 0.493 e. The van der Waals surface area contributed by atoms with Gasteiger partial charge in [-0.1, -0.05) is 58.8 Å². The molecule has 0 bridgehead atoms. The molecule has 5 heteroatoms. The van der Waals surface area contributed by atoms with Crippen LogP contribution in [0.4, 0.5) is 0 Å². The van der Waals surface area contributed by atoms with Crippen molar-refractivity contribution in [3.05, 3.63) is 53.6 Å². The van der Waals surface area contributed by atoms with Gasteiger partial charge >= 0.3 is 0 Å². The zero-order valence-corrected chi connectivity index (χ0v) is 16.3. The molecule has 0 spiro atoms. The van der Waals surface area contributed by atoms with Crippen molar-refractivity contribution in [2.24, 2.45) is 0 Å². The molecule has 0 aliphatic carbocycles. The van der Waals surface area contributed by atoms with Crippen molar-refractivity contribution in [1.29, 1.82) is 0 Å². The summed E-state index contributed by atoms with van der Waals surface area (Å²) in [5, 5.41) is 10.7. The molecule has 0 amide bonds. The lowest BCUT2D eigenvalue weighted by atomic mass is 9.96. The molecule has 2 unspecified atom stereocenters. The highest BCUT2D eigenvalue weighted by Crippen LogP contribution is 2.49. The molecule has 0 aliphatic rings. The number of para-hydroxylation sites is 1. The zero-order valence-electron chi connectivity index (χ0n) is 15.3. The van der Waals surface area contributed by atoms with Crippen LogP contribution in [0.2, 0.25) is 0 Å². The summed E-state index contributed by atoms with van der Waals surface area (Å²) in [6, 6.07) is 14.0. The second-order valence-electron chi connectivity index (χ2n) is 6.01. The van der Waals surface area contributed by atoms with Gasteiger partial charge in [0.2, 0.25) is 0 Å². The van der Waals surface area contributed by atoms with E-state index in [2.05, 4.69) is 26.0 Å². The Balaban J connectivity index is 2.47. The van der Waals surface area contributed by atoms with E-state index in [1.165, 1.54) is 5.30 Å². The first-order chi connectivity index (χ1) is 12.1. The maximum absolute atomic E-state index is 9.65. The molecule has 2 aromatic carbocycles. The van der Waals surface area contributed by atoms with Crippen LogP contribution in [0.5, 0.6) is 11.5 Å². The van der Waals surface area contributed by atoms with Gasteiger partial charge in [-0.15, -0.1) is 0 Å². The molecule has 0 radical (unpaired) electrons. The summed E-state index contributed by atoms with van der Waals surface area (Å²) in [6.07, 6.45) is 0.932. The highest BCUT2D eigenvalue weighted by molar-refractivity contribution is 7.48. The number of ether oxygens (including phenoxy) is 3. The molecule has 0 fully saturated rings. The second kappa shape index (κ2) is 9.19. The quantitative estimate of drug-likeness (QED) is 0.544. The fourth-order valence-electron chi connectivity index (χ4n) is 2.80. The fourth-order valence-corrected chi connectivity index (χ4v) is 4.41. The first kappa shape index (κ1) is 19.7. The predicted molar refractivity (Wildman–Crippen MR) is 103 cm³/mol. The maximum atomic E-state index is 9.65. The lowest BCUT2D eigenvalue weighted by Gasteiger charge is -2.32. The Labute approximate surface area is 151 Å². The summed E-state index contributed by atoms with van der Waals surface area (Å²) < 4.78 is 16.5. The molecule has 0 saturated heterocycles. The van der Waals surface area contributed by atoms with Crippen LogP contribution in [0.25, 0.3) is 0 Å². The summed E-state index contributed by atoms with van der Waals surface area (Å²) in [4.78, 5) is 0. The standard InChI is InChI=1S/C20H27O4P/c1-5-20(2,25-18-12-7-6-9-15(18)13-21)16-10-8-11-17(23-4)19(16)24-14-22-3/h6-12,21,25H,5,13-14H2,1-4H3. The normalized spacial score (nSPS) is 13.8. The van der Waals surface area contributed by atoms with Crippen molar-refractivity contribution in [3.63, 3.8) is 0 Å². The van der Waals surface area contributed by atoms with Crippen LogP contribution >= 0.6 is 8.58 Å². The predicted octanol–water partition coefficient (Wildman–Crippen LogP) is 3.80. The Morgan fingerprint density at radius 3 is 2.48 bits per heavy atom. The smallest absolute Gasteiger partial charge is 0.188 e. The molecule has 0 aromatic heterocycles. The third-order valence-electron chi connectivity index (χ3n) is 4.42. The van der Waals surface area contributed by atoms with Gasteiger partial charge in [0.05, 0.1) is 13.7 Å². The van der Waals surface area contributed by atoms with Crippen LogP contribution < -0.4 is 14.8 Å². The van der Waals surface area contributed by atoms with E-state index >= 15 is 0 Å². The van der Waals surface area contributed by atoms with E-state index in [1.807, 2.05) is 30.3 Å². The van der Waals surface area contributed by atoms with Crippen molar-refractivity contribution in [2.45, 2.75) is 32.0 Å². The lowest BCUT2D eigenvalue weighted by Crippen LogP contribution is -2.21. The average Bonchev–Trinajstić information content (AvgIpc) is 2.66. The summed E-state index contributed by atoms with van der Waals surface area (Å²) in [5.74, 6) is 1.43. The number of benzene rings is 2. The van der Waals surface area contributed by atoms with Crippen LogP contribution in [0.3, 0.4) is 0 Å². The molecule has 136 valence electrons. The van der Waals surface area contributed by atoms with Crippen molar-refractivity contribution >= 4 is 13.9 Å². The molecule has 2 rings (SSSR count). The number of aliphatic hydroxyl groups is 1. The molecule has 0 saturated carbocycles. The Morgan fingerprint density at radius 2 is 1.84 bits per heavy atom. The highest BCUT2D eigenvalue weighted by atomic mass is 31.1. The number of methoxy groups -OCH3 is 2. The SMILES string of the molecule is CCC(C)(Pc1ccccc1CO)c1cccc(OC)c1OCOC. The van der Waals surface area contributed by atoms with Crippen LogP contribution in [-0.2, 0) is 16.5 Å². The minimum Gasteiger partial charge on any atom is -0.493 e. The summed E-state index contributed by atoms with van der Waals surface area (Å²) in [6.45, 7) is 4.62. The Hall–Kier alpha value is -1.61. The van der Waals surface area contributed by atoms with Gasteiger partial charge in [0.1, 0.15) is 0 Å². The third-order valence-corrected chi connectivity index (χ3v) is 6.35. The lowest BCUT2D eigenvalue weighted by molar-refractivity contribution is 0.0480. The Bertz CT molecular complexity index is 689. The van der Waals surface area contributed by atoms with Gasteiger partial charge in [0, 0.05) is 17.8 Å². The monoisotopic (exact) mass is 362 g/mol. The van der Waals surface area contributed by atoms with Crippen LogP contribution in [0, 0.1) is 0 Å². The first-order valence-corrected chi connectivity index (χ1v) is 9.35. The number of rotatable bonds is 9. The van der Waals surface area contributed by atoms with E-state index in [-0.39, 0.29) is 18.6 Å². The number of hydrogen-bond acceptors (Lipinski definition) is 4. The van der Waals surface area contributed by atoms with Gasteiger partial charge in [0.15, 0.2) is 18.3 Å². The zero-order chi connectivity index (χ0) is 18.3. The molecular formula is C20H27O4P. The average molecular weight is 362 g/mol. The molecule has 1 N–H and O–H groups in total. The molecule has 25 heavy (non-hydrogen) atoms. The van der Waals surface area contributed by atoms with Gasteiger partial charge in [-0.05, 0) is 23.4 Å². The Morgan fingerprint density at radius 1 is 1.08 bits per heavy atom. The minimum atomic E-state index is -0.136.